The summed E-state index contributed by atoms with van der Waals surface area (Å²) in [5.74, 6) is 0.543. The molecule has 0 aliphatic rings. The zero-order chi connectivity index (χ0) is 23.9. The van der Waals surface area contributed by atoms with Gasteiger partial charge in [-0.05, 0) is 40.8 Å². The number of benzene rings is 4. The van der Waals surface area contributed by atoms with Gasteiger partial charge in [0.2, 0.25) is 0 Å². The molecular formula is C32H29NO2. The van der Waals surface area contributed by atoms with E-state index in [1.807, 2.05) is 48.5 Å². The van der Waals surface area contributed by atoms with Crippen molar-refractivity contribution in [3.63, 3.8) is 0 Å². The molecule has 1 heterocycles. The molecule has 0 fully saturated rings. The van der Waals surface area contributed by atoms with Gasteiger partial charge in [0, 0.05) is 6.04 Å². The molecule has 0 radical (unpaired) electrons. The van der Waals surface area contributed by atoms with Crippen LogP contribution in [-0.4, -0.2) is 11.1 Å². The first kappa shape index (κ1) is 22.9. The van der Waals surface area contributed by atoms with E-state index in [9.17, 15) is 5.11 Å². The van der Waals surface area contributed by atoms with Crippen molar-refractivity contribution < 1.29 is 9.52 Å². The number of hydrogen-bond acceptors (Lipinski definition) is 3. The van der Waals surface area contributed by atoms with Crippen molar-refractivity contribution in [1.29, 1.82) is 0 Å². The quantitative estimate of drug-likeness (QED) is 0.247. The summed E-state index contributed by atoms with van der Waals surface area (Å²) in [5, 5.41) is 15.5. The van der Waals surface area contributed by atoms with Crippen LogP contribution in [0.1, 0.15) is 34.1 Å². The summed E-state index contributed by atoms with van der Waals surface area (Å²) < 4.78 is 5.66. The summed E-state index contributed by atoms with van der Waals surface area (Å²) in [6.45, 7) is 0. The van der Waals surface area contributed by atoms with E-state index in [1.54, 1.807) is 6.26 Å². The lowest BCUT2D eigenvalue weighted by molar-refractivity contribution is 0.0942. The Labute approximate surface area is 206 Å². The molecule has 0 saturated heterocycles. The molecule has 0 aliphatic heterocycles. The van der Waals surface area contributed by atoms with E-state index in [1.165, 1.54) is 0 Å². The van der Waals surface area contributed by atoms with Gasteiger partial charge < -0.3 is 9.52 Å². The minimum atomic E-state index is -0.847. The van der Waals surface area contributed by atoms with E-state index in [-0.39, 0.29) is 6.04 Å². The van der Waals surface area contributed by atoms with E-state index in [0.717, 1.165) is 22.3 Å². The summed E-state index contributed by atoms with van der Waals surface area (Å²) in [7, 11) is 0. The monoisotopic (exact) mass is 459 g/mol. The van der Waals surface area contributed by atoms with E-state index < -0.39 is 11.6 Å². The van der Waals surface area contributed by atoms with Crippen LogP contribution in [0.15, 0.2) is 144 Å². The lowest BCUT2D eigenvalue weighted by Crippen LogP contribution is -2.52. The molecule has 4 aromatic carbocycles. The third-order valence-corrected chi connectivity index (χ3v) is 6.54. The first-order chi connectivity index (χ1) is 17.3. The highest BCUT2D eigenvalue weighted by Gasteiger charge is 2.40. The van der Waals surface area contributed by atoms with Gasteiger partial charge in [-0.2, -0.15) is 0 Å². The van der Waals surface area contributed by atoms with Crippen LogP contribution in [-0.2, 0) is 12.0 Å². The molecular weight excluding hydrogens is 430 g/mol. The number of aliphatic hydroxyl groups excluding tert-OH is 1. The van der Waals surface area contributed by atoms with Crippen molar-refractivity contribution in [3.05, 3.63) is 168 Å². The Morgan fingerprint density at radius 3 is 1.49 bits per heavy atom. The molecule has 174 valence electrons. The third kappa shape index (κ3) is 4.83. The van der Waals surface area contributed by atoms with Crippen LogP contribution < -0.4 is 5.32 Å². The van der Waals surface area contributed by atoms with Gasteiger partial charge in [0.25, 0.3) is 0 Å². The Morgan fingerprint density at radius 2 is 1.06 bits per heavy atom. The molecule has 2 N–H and O–H groups in total. The second-order valence-corrected chi connectivity index (χ2v) is 8.75. The normalized spacial score (nSPS) is 13.3. The van der Waals surface area contributed by atoms with E-state index in [2.05, 4.69) is 90.2 Å². The summed E-state index contributed by atoms with van der Waals surface area (Å²) >= 11 is 0. The number of rotatable bonds is 9. The molecule has 3 heteroatoms. The van der Waals surface area contributed by atoms with Crippen LogP contribution in [0.5, 0.6) is 0 Å². The van der Waals surface area contributed by atoms with Crippen molar-refractivity contribution in [2.75, 3.05) is 0 Å². The van der Waals surface area contributed by atoms with Crippen LogP contribution in [0.2, 0.25) is 0 Å². The molecule has 1 aromatic heterocycles. The minimum absolute atomic E-state index is 0.343. The second kappa shape index (κ2) is 10.6. The molecule has 0 aliphatic carbocycles. The molecule has 5 aromatic rings. The van der Waals surface area contributed by atoms with Crippen LogP contribution in [0.4, 0.5) is 0 Å². The summed E-state index contributed by atoms with van der Waals surface area (Å²) in [6, 6.07) is 44.9. The number of furan rings is 1. The zero-order valence-electron chi connectivity index (χ0n) is 19.5. The zero-order valence-corrected chi connectivity index (χ0v) is 19.5. The van der Waals surface area contributed by atoms with Gasteiger partial charge in [0.05, 0.1) is 11.8 Å². The van der Waals surface area contributed by atoms with E-state index in [0.29, 0.717) is 12.2 Å². The average Bonchev–Trinajstić information content (AvgIpc) is 3.48. The van der Waals surface area contributed by atoms with Crippen LogP contribution >= 0.6 is 0 Å². The fourth-order valence-electron chi connectivity index (χ4n) is 4.86. The maximum Gasteiger partial charge on any atom is 0.133 e. The standard InChI is InChI=1S/C32H29NO2/c34-31(30-22-13-23-35-30)29(24-25-14-5-1-6-15-25)33-32(26-16-7-2-8-17-26,27-18-9-3-10-19-27)28-20-11-4-12-21-28/h1-23,29,31,33-34H,24H2. The number of hydrogen-bond donors (Lipinski definition) is 2. The lowest BCUT2D eigenvalue weighted by Gasteiger charge is -2.41. The maximum atomic E-state index is 11.6. The van der Waals surface area contributed by atoms with Gasteiger partial charge >= 0.3 is 0 Å². The van der Waals surface area contributed by atoms with Crippen molar-refractivity contribution in [2.45, 2.75) is 24.1 Å². The Morgan fingerprint density at radius 1 is 0.600 bits per heavy atom. The summed E-state index contributed by atoms with van der Waals surface area (Å²) in [5.41, 5.74) is 3.74. The van der Waals surface area contributed by atoms with Gasteiger partial charge in [-0.15, -0.1) is 0 Å². The van der Waals surface area contributed by atoms with E-state index >= 15 is 0 Å². The van der Waals surface area contributed by atoms with Crippen LogP contribution in [0.3, 0.4) is 0 Å². The van der Waals surface area contributed by atoms with Gasteiger partial charge in [-0.1, -0.05) is 121 Å². The first-order valence-corrected chi connectivity index (χ1v) is 12.0. The Hall–Kier alpha value is -3.92. The van der Waals surface area contributed by atoms with Crippen molar-refractivity contribution in [1.82, 2.24) is 5.32 Å². The van der Waals surface area contributed by atoms with Gasteiger partial charge in [-0.25, -0.2) is 0 Å². The fraction of sp³-hybridized carbons (Fsp3) is 0.125. The second-order valence-electron chi connectivity index (χ2n) is 8.75. The molecule has 5 rings (SSSR count). The largest absolute Gasteiger partial charge is 0.467 e. The van der Waals surface area contributed by atoms with Crippen molar-refractivity contribution in [2.24, 2.45) is 0 Å². The highest BCUT2D eigenvalue weighted by atomic mass is 16.4. The lowest BCUT2D eigenvalue weighted by atomic mass is 9.76. The fourth-order valence-corrected chi connectivity index (χ4v) is 4.86. The molecule has 3 nitrogen and oxygen atoms in total. The van der Waals surface area contributed by atoms with Crippen molar-refractivity contribution in [3.8, 4) is 0 Å². The third-order valence-electron chi connectivity index (χ3n) is 6.54. The Balaban J connectivity index is 1.69. The van der Waals surface area contributed by atoms with Gasteiger partial charge in [0.15, 0.2) is 0 Å². The van der Waals surface area contributed by atoms with Gasteiger partial charge in [-0.3, -0.25) is 5.32 Å². The smallest absolute Gasteiger partial charge is 0.133 e. The predicted octanol–water partition coefficient (Wildman–Crippen LogP) is 6.51. The first-order valence-electron chi connectivity index (χ1n) is 12.0. The van der Waals surface area contributed by atoms with Crippen LogP contribution in [0.25, 0.3) is 0 Å². The Kier molecular flexibility index (Phi) is 6.89. The highest BCUT2D eigenvalue weighted by molar-refractivity contribution is 5.49. The van der Waals surface area contributed by atoms with Crippen molar-refractivity contribution >= 4 is 0 Å². The summed E-state index contributed by atoms with van der Waals surface area (Å²) in [4.78, 5) is 0. The molecule has 0 amide bonds. The van der Waals surface area contributed by atoms with E-state index in [4.69, 9.17) is 4.42 Å². The molecule has 0 saturated carbocycles. The molecule has 2 unspecified atom stereocenters. The minimum Gasteiger partial charge on any atom is -0.467 e. The molecule has 35 heavy (non-hydrogen) atoms. The molecule has 0 bridgehead atoms. The molecule has 2 atom stereocenters. The number of nitrogens with one attached hydrogen (secondary N) is 1. The Bertz CT molecular complexity index is 1190. The summed E-state index contributed by atoms with van der Waals surface area (Å²) in [6.07, 6.45) is 1.38. The SMILES string of the molecule is OC(c1ccco1)C(Cc1ccccc1)NC(c1ccccc1)(c1ccccc1)c1ccccc1. The highest BCUT2D eigenvalue weighted by Crippen LogP contribution is 2.39. The number of aliphatic hydroxyl groups is 1. The maximum absolute atomic E-state index is 11.6. The predicted molar refractivity (Wildman–Crippen MR) is 140 cm³/mol. The van der Waals surface area contributed by atoms with Gasteiger partial charge in [0.1, 0.15) is 11.9 Å². The topological polar surface area (TPSA) is 45.4 Å². The molecule has 0 spiro atoms. The van der Waals surface area contributed by atoms with Crippen LogP contribution in [0, 0.1) is 0 Å². The average molecular weight is 460 g/mol.